The van der Waals surface area contributed by atoms with Crippen molar-refractivity contribution in [1.82, 2.24) is 0 Å². The minimum Gasteiger partial charge on any atom is -0.266 e. The van der Waals surface area contributed by atoms with Gasteiger partial charge in [-0.3, -0.25) is 4.99 Å². The van der Waals surface area contributed by atoms with Crippen molar-refractivity contribution in [2.24, 2.45) is 16.8 Å². The summed E-state index contributed by atoms with van der Waals surface area (Å²) in [7, 11) is 0. The summed E-state index contributed by atoms with van der Waals surface area (Å²) in [6, 6.07) is 0. The Morgan fingerprint density at radius 1 is 1.60 bits per heavy atom. The van der Waals surface area contributed by atoms with E-state index in [-0.39, 0.29) is 0 Å². The van der Waals surface area contributed by atoms with Crippen LogP contribution in [0, 0.1) is 11.8 Å². The van der Waals surface area contributed by atoms with E-state index >= 15 is 0 Å². The van der Waals surface area contributed by atoms with Crippen molar-refractivity contribution >= 4 is 6.21 Å². The van der Waals surface area contributed by atoms with Crippen LogP contribution in [0.3, 0.4) is 0 Å². The van der Waals surface area contributed by atoms with Gasteiger partial charge in [0, 0.05) is 11.9 Å². The predicted molar refractivity (Wildman–Crippen MR) is 45.2 cm³/mol. The standard InChI is InChI=1S/C9H15N/c1-7(2)9-6-8(3)4-5-10-9/h5-8H,4H2,1-3H3. The van der Waals surface area contributed by atoms with E-state index in [1.165, 1.54) is 5.70 Å². The second-order valence-corrected chi connectivity index (χ2v) is 3.27. The maximum Gasteiger partial charge on any atom is 0.0388 e. The monoisotopic (exact) mass is 137 g/mol. The second kappa shape index (κ2) is 3.00. The van der Waals surface area contributed by atoms with Crippen LogP contribution in [0.25, 0.3) is 0 Å². The molecule has 0 N–H and O–H groups in total. The highest BCUT2D eigenvalue weighted by Crippen LogP contribution is 2.18. The number of rotatable bonds is 1. The Labute approximate surface area is 62.9 Å². The van der Waals surface area contributed by atoms with E-state index in [9.17, 15) is 0 Å². The lowest BCUT2D eigenvalue weighted by molar-refractivity contribution is 0.687. The van der Waals surface area contributed by atoms with Gasteiger partial charge in [0.15, 0.2) is 0 Å². The second-order valence-electron chi connectivity index (χ2n) is 3.27. The van der Waals surface area contributed by atoms with Gasteiger partial charge in [0.05, 0.1) is 0 Å². The Morgan fingerprint density at radius 3 is 2.70 bits per heavy atom. The first kappa shape index (κ1) is 7.52. The maximum absolute atomic E-state index is 4.32. The van der Waals surface area contributed by atoms with Gasteiger partial charge in [0.2, 0.25) is 0 Å². The van der Waals surface area contributed by atoms with Gasteiger partial charge in [-0.15, -0.1) is 0 Å². The first-order valence-corrected chi connectivity index (χ1v) is 3.94. The first-order chi connectivity index (χ1) is 4.70. The Bertz CT molecular complexity index is 166. The van der Waals surface area contributed by atoms with Crippen molar-refractivity contribution in [3.8, 4) is 0 Å². The van der Waals surface area contributed by atoms with Crippen molar-refractivity contribution in [2.75, 3.05) is 0 Å². The molecule has 0 bridgehead atoms. The van der Waals surface area contributed by atoms with Gasteiger partial charge in [0.1, 0.15) is 0 Å². The topological polar surface area (TPSA) is 12.4 Å². The fraction of sp³-hybridized carbons (Fsp3) is 0.667. The van der Waals surface area contributed by atoms with E-state index in [2.05, 4.69) is 31.8 Å². The summed E-state index contributed by atoms with van der Waals surface area (Å²) in [6.45, 7) is 6.59. The Balaban J connectivity index is 2.66. The van der Waals surface area contributed by atoms with Crippen LogP contribution in [-0.4, -0.2) is 6.21 Å². The van der Waals surface area contributed by atoms with Gasteiger partial charge in [-0.05, 0) is 18.3 Å². The number of hydrogen-bond donors (Lipinski definition) is 0. The van der Waals surface area contributed by atoms with Crippen molar-refractivity contribution < 1.29 is 0 Å². The van der Waals surface area contributed by atoms with Crippen LogP contribution in [0.1, 0.15) is 27.2 Å². The first-order valence-electron chi connectivity index (χ1n) is 3.94. The summed E-state index contributed by atoms with van der Waals surface area (Å²) in [4.78, 5) is 4.32. The molecule has 0 aliphatic carbocycles. The van der Waals surface area contributed by atoms with Crippen molar-refractivity contribution in [3.05, 3.63) is 11.8 Å². The number of allylic oxidation sites excluding steroid dienone is 2. The van der Waals surface area contributed by atoms with E-state index in [1.807, 2.05) is 6.21 Å². The highest BCUT2D eigenvalue weighted by molar-refractivity contribution is 5.61. The molecule has 0 radical (unpaired) electrons. The molecule has 1 heteroatoms. The SMILES string of the molecule is CC1C=C(C(C)C)N=CC1. The fourth-order valence-corrected chi connectivity index (χ4v) is 1.07. The lowest BCUT2D eigenvalue weighted by Crippen LogP contribution is -2.02. The van der Waals surface area contributed by atoms with E-state index in [4.69, 9.17) is 0 Å². The van der Waals surface area contributed by atoms with Crippen LogP contribution < -0.4 is 0 Å². The lowest BCUT2D eigenvalue weighted by atomic mass is 10.0. The summed E-state index contributed by atoms with van der Waals surface area (Å²) in [5.41, 5.74) is 1.25. The third-order valence-corrected chi connectivity index (χ3v) is 1.76. The highest BCUT2D eigenvalue weighted by Gasteiger charge is 2.07. The fourth-order valence-electron chi connectivity index (χ4n) is 1.07. The molecule has 0 saturated heterocycles. The van der Waals surface area contributed by atoms with Gasteiger partial charge >= 0.3 is 0 Å². The molecule has 0 aromatic heterocycles. The molecule has 0 saturated carbocycles. The molecule has 1 unspecified atom stereocenters. The minimum atomic E-state index is 0.582. The Morgan fingerprint density at radius 2 is 2.30 bits per heavy atom. The van der Waals surface area contributed by atoms with Crippen LogP contribution in [-0.2, 0) is 0 Å². The van der Waals surface area contributed by atoms with Gasteiger partial charge in [-0.2, -0.15) is 0 Å². The molecule has 0 spiro atoms. The summed E-state index contributed by atoms with van der Waals surface area (Å²) >= 11 is 0. The van der Waals surface area contributed by atoms with Crippen molar-refractivity contribution in [2.45, 2.75) is 27.2 Å². The van der Waals surface area contributed by atoms with Crippen molar-refractivity contribution in [3.63, 3.8) is 0 Å². The van der Waals surface area contributed by atoms with Crippen molar-refractivity contribution in [1.29, 1.82) is 0 Å². The van der Waals surface area contributed by atoms with Crippen LogP contribution in [0.5, 0.6) is 0 Å². The molecule has 1 nitrogen and oxygen atoms in total. The molecular formula is C9H15N. The normalized spacial score (nSPS) is 25.2. The molecule has 10 heavy (non-hydrogen) atoms. The molecule has 0 amide bonds. The molecule has 0 aromatic carbocycles. The lowest BCUT2D eigenvalue weighted by Gasteiger charge is -2.13. The molecule has 1 aliphatic rings. The van der Waals surface area contributed by atoms with Gasteiger partial charge in [-0.25, -0.2) is 0 Å². The zero-order valence-corrected chi connectivity index (χ0v) is 6.96. The summed E-state index contributed by atoms with van der Waals surface area (Å²) in [5, 5.41) is 0. The average Bonchev–Trinajstić information content (AvgIpc) is 1.88. The van der Waals surface area contributed by atoms with Gasteiger partial charge in [-0.1, -0.05) is 26.8 Å². The van der Waals surface area contributed by atoms with Gasteiger partial charge in [0.25, 0.3) is 0 Å². The number of aliphatic imine (C=N–C) groups is 1. The molecule has 0 fully saturated rings. The van der Waals surface area contributed by atoms with Crippen LogP contribution >= 0.6 is 0 Å². The summed E-state index contributed by atoms with van der Waals surface area (Å²) < 4.78 is 0. The summed E-state index contributed by atoms with van der Waals surface area (Å²) in [6.07, 6.45) is 5.40. The quantitative estimate of drug-likeness (QED) is 0.527. The third-order valence-electron chi connectivity index (χ3n) is 1.76. The van der Waals surface area contributed by atoms with E-state index in [0.29, 0.717) is 11.8 Å². The minimum absolute atomic E-state index is 0.582. The molecule has 0 aromatic rings. The molecule has 1 aliphatic heterocycles. The predicted octanol–water partition coefficient (Wildman–Crippen LogP) is 2.64. The Kier molecular flexibility index (Phi) is 2.25. The van der Waals surface area contributed by atoms with Crippen LogP contribution in [0.2, 0.25) is 0 Å². The number of hydrogen-bond acceptors (Lipinski definition) is 1. The maximum atomic E-state index is 4.32. The summed E-state index contributed by atoms with van der Waals surface area (Å²) in [5.74, 6) is 1.27. The smallest absolute Gasteiger partial charge is 0.0388 e. The van der Waals surface area contributed by atoms with Crippen LogP contribution in [0.4, 0.5) is 0 Å². The molecule has 56 valence electrons. The zero-order valence-electron chi connectivity index (χ0n) is 6.96. The molecule has 1 atom stereocenters. The molecule has 1 rings (SSSR count). The highest BCUT2D eigenvalue weighted by atomic mass is 14.7. The van der Waals surface area contributed by atoms with Gasteiger partial charge < -0.3 is 0 Å². The van der Waals surface area contributed by atoms with Crippen LogP contribution in [0.15, 0.2) is 16.8 Å². The molecule has 1 heterocycles. The van der Waals surface area contributed by atoms with E-state index < -0.39 is 0 Å². The number of nitrogens with zero attached hydrogens (tertiary/aromatic N) is 1. The third kappa shape index (κ3) is 1.69. The average molecular weight is 137 g/mol. The van der Waals surface area contributed by atoms with E-state index in [1.54, 1.807) is 0 Å². The Hall–Kier alpha value is -0.590. The van der Waals surface area contributed by atoms with E-state index in [0.717, 1.165) is 6.42 Å². The largest absolute Gasteiger partial charge is 0.266 e. The zero-order chi connectivity index (χ0) is 7.56. The molecular weight excluding hydrogens is 122 g/mol.